The molecule has 0 aliphatic heterocycles. The van der Waals surface area contributed by atoms with Crippen molar-refractivity contribution in [2.24, 2.45) is 0 Å². The number of hydrogen-bond acceptors (Lipinski definition) is 4. The highest BCUT2D eigenvalue weighted by atomic mass is 79.9. The van der Waals surface area contributed by atoms with Gasteiger partial charge in [-0.15, -0.1) is 0 Å². The molecule has 0 amide bonds. The highest BCUT2D eigenvalue weighted by Crippen LogP contribution is 2.19. The van der Waals surface area contributed by atoms with Crippen LogP contribution < -0.4 is 5.56 Å². The van der Waals surface area contributed by atoms with Gasteiger partial charge in [0.05, 0.1) is 28.7 Å². The van der Waals surface area contributed by atoms with Gasteiger partial charge in [-0.2, -0.15) is 8.78 Å². The Kier molecular flexibility index (Phi) is 4.70. The fraction of sp³-hybridized carbons (Fsp3) is 0.125. The summed E-state index contributed by atoms with van der Waals surface area (Å²) in [5, 5.41) is 0.439. The van der Waals surface area contributed by atoms with Gasteiger partial charge >= 0.3 is 5.76 Å². The molecule has 0 atom stereocenters. The van der Waals surface area contributed by atoms with Crippen molar-refractivity contribution in [3.8, 4) is 0 Å². The van der Waals surface area contributed by atoms with E-state index in [4.69, 9.17) is 0 Å². The van der Waals surface area contributed by atoms with Gasteiger partial charge in [-0.25, -0.2) is 13.4 Å². The summed E-state index contributed by atoms with van der Waals surface area (Å²) in [6.07, 6.45) is 1.39. The molecule has 0 saturated heterocycles. The van der Waals surface area contributed by atoms with E-state index >= 15 is 0 Å². The van der Waals surface area contributed by atoms with Gasteiger partial charge in [0.15, 0.2) is 0 Å². The first-order valence-electron chi connectivity index (χ1n) is 7.05. The molecule has 0 radical (unpaired) electrons. The van der Waals surface area contributed by atoms with Crippen molar-refractivity contribution in [3.05, 3.63) is 69.2 Å². The van der Waals surface area contributed by atoms with Crippen LogP contribution in [0.3, 0.4) is 0 Å². The van der Waals surface area contributed by atoms with Crippen molar-refractivity contribution in [2.45, 2.75) is 17.2 Å². The Hall–Kier alpha value is -2.13. The van der Waals surface area contributed by atoms with E-state index in [1.807, 2.05) is 0 Å². The molecule has 0 fully saturated rings. The number of halogens is 3. The zero-order chi connectivity index (χ0) is 18.2. The average Bonchev–Trinajstić information content (AvgIpc) is 2.58. The zero-order valence-electron chi connectivity index (χ0n) is 12.6. The number of hydrogen-bond donors (Lipinski definition) is 0. The maximum atomic E-state index is 12.5. The molecule has 0 N–H and O–H groups in total. The minimum absolute atomic E-state index is 0.142. The number of benzene rings is 2. The lowest BCUT2D eigenvalue weighted by Gasteiger charge is -2.08. The second-order valence-electron chi connectivity index (χ2n) is 5.29. The Morgan fingerprint density at radius 3 is 2.44 bits per heavy atom. The van der Waals surface area contributed by atoms with Crippen LogP contribution in [0.5, 0.6) is 0 Å². The second kappa shape index (κ2) is 6.64. The first-order chi connectivity index (χ1) is 11.8. The summed E-state index contributed by atoms with van der Waals surface area (Å²) in [6, 6.07) is 10.2. The summed E-state index contributed by atoms with van der Waals surface area (Å²) >= 11 is 3.30. The molecule has 0 bridgehead atoms. The van der Waals surface area contributed by atoms with Gasteiger partial charge in [0, 0.05) is 4.47 Å². The number of sulfone groups is 1. The third-order valence-electron chi connectivity index (χ3n) is 3.63. The molecule has 1 aromatic heterocycles. The van der Waals surface area contributed by atoms with E-state index in [0.29, 0.717) is 16.5 Å². The van der Waals surface area contributed by atoms with Crippen LogP contribution in [-0.4, -0.2) is 23.7 Å². The zero-order valence-corrected chi connectivity index (χ0v) is 15.0. The van der Waals surface area contributed by atoms with Crippen molar-refractivity contribution < 1.29 is 17.2 Å². The summed E-state index contributed by atoms with van der Waals surface area (Å²) in [5.41, 5.74) is 0.893. The topological polar surface area (TPSA) is 69.0 Å². The van der Waals surface area contributed by atoms with Crippen molar-refractivity contribution in [3.63, 3.8) is 0 Å². The molecule has 130 valence electrons. The maximum absolute atomic E-state index is 12.5. The van der Waals surface area contributed by atoms with Gasteiger partial charge in [-0.3, -0.25) is 9.36 Å². The standard InChI is InChI=1S/C16H11BrF2N2O3S/c17-11-3-6-14-13(7-11)15(22)21(9-20-14)8-10-1-4-12(5-2-10)25(23,24)16(18)19/h1-7,9,16H,8H2. The molecule has 0 spiro atoms. The van der Waals surface area contributed by atoms with Crippen LogP contribution in [0, 0.1) is 0 Å². The number of aromatic nitrogens is 2. The molecule has 5 nitrogen and oxygen atoms in total. The predicted molar refractivity (Wildman–Crippen MR) is 92.4 cm³/mol. The molecule has 0 aliphatic rings. The molecule has 2 aromatic carbocycles. The van der Waals surface area contributed by atoms with Crippen molar-refractivity contribution in [1.82, 2.24) is 9.55 Å². The normalized spacial score (nSPS) is 12.0. The Labute approximate surface area is 150 Å². The van der Waals surface area contributed by atoms with E-state index in [-0.39, 0.29) is 12.1 Å². The summed E-state index contributed by atoms with van der Waals surface area (Å²) < 4.78 is 50.0. The van der Waals surface area contributed by atoms with Crippen LogP contribution in [0.4, 0.5) is 8.78 Å². The summed E-state index contributed by atoms with van der Waals surface area (Å²) in [6.45, 7) is 0.142. The third kappa shape index (κ3) is 3.47. The van der Waals surface area contributed by atoms with E-state index in [0.717, 1.165) is 16.6 Å². The van der Waals surface area contributed by atoms with Crippen molar-refractivity contribution in [1.29, 1.82) is 0 Å². The van der Waals surface area contributed by atoms with Gasteiger partial charge in [-0.1, -0.05) is 28.1 Å². The molecule has 0 saturated carbocycles. The monoisotopic (exact) mass is 428 g/mol. The predicted octanol–water partition coefficient (Wildman–Crippen LogP) is 3.20. The molecule has 3 rings (SSSR count). The number of rotatable bonds is 4. The Morgan fingerprint density at radius 1 is 1.12 bits per heavy atom. The summed E-state index contributed by atoms with van der Waals surface area (Å²) in [5.74, 6) is -3.47. The number of nitrogens with zero attached hydrogens (tertiary/aromatic N) is 2. The average molecular weight is 429 g/mol. The fourth-order valence-corrected chi connectivity index (χ4v) is 3.41. The van der Waals surface area contributed by atoms with Gasteiger partial charge < -0.3 is 0 Å². The van der Waals surface area contributed by atoms with E-state index in [9.17, 15) is 22.0 Å². The van der Waals surface area contributed by atoms with Crippen LogP contribution in [0.25, 0.3) is 10.9 Å². The van der Waals surface area contributed by atoms with Crippen LogP contribution in [0.1, 0.15) is 5.56 Å². The largest absolute Gasteiger partial charge is 0.341 e. The van der Waals surface area contributed by atoms with Crippen molar-refractivity contribution >= 4 is 36.7 Å². The lowest BCUT2D eigenvalue weighted by atomic mass is 10.2. The summed E-state index contributed by atoms with van der Waals surface area (Å²) in [4.78, 5) is 16.3. The van der Waals surface area contributed by atoms with Crippen LogP contribution >= 0.6 is 15.9 Å². The molecular formula is C16H11BrF2N2O3S. The first kappa shape index (κ1) is 17.7. The summed E-state index contributed by atoms with van der Waals surface area (Å²) in [7, 11) is -4.63. The van der Waals surface area contributed by atoms with Crippen molar-refractivity contribution in [2.75, 3.05) is 0 Å². The van der Waals surface area contributed by atoms with Crippen LogP contribution in [0.15, 0.2) is 63.0 Å². The molecule has 25 heavy (non-hydrogen) atoms. The van der Waals surface area contributed by atoms with E-state index in [1.165, 1.54) is 23.0 Å². The Balaban J connectivity index is 1.94. The van der Waals surface area contributed by atoms with Gasteiger partial charge in [0.2, 0.25) is 9.84 Å². The highest BCUT2D eigenvalue weighted by Gasteiger charge is 2.26. The number of alkyl halides is 2. The molecular weight excluding hydrogens is 418 g/mol. The van der Waals surface area contributed by atoms with Gasteiger partial charge in [0.25, 0.3) is 5.56 Å². The molecule has 0 unspecified atom stereocenters. The SMILES string of the molecule is O=c1c2cc(Br)ccc2ncn1Cc1ccc(S(=O)(=O)C(F)F)cc1. The minimum atomic E-state index is -4.63. The molecule has 9 heteroatoms. The van der Waals surface area contributed by atoms with E-state index in [1.54, 1.807) is 18.2 Å². The Bertz CT molecular complexity index is 1100. The Morgan fingerprint density at radius 2 is 1.80 bits per heavy atom. The van der Waals surface area contributed by atoms with Gasteiger partial charge in [0.1, 0.15) is 0 Å². The molecule has 0 aliphatic carbocycles. The smallest absolute Gasteiger partial charge is 0.294 e. The van der Waals surface area contributed by atoms with E-state index < -0.39 is 20.5 Å². The maximum Gasteiger partial charge on any atom is 0.341 e. The van der Waals surface area contributed by atoms with Crippen LogP contribution in [-0.2, 0) is 16.4 Å². The first-order valence-corrected chi connectivity index (χ1v) is 9.38. The lowest BCUT2D eigenvalue weighted by molar-refractivity contribution is 0.234. The molecule has 3 aromatic rings. The molecule has 1 heterocycles. The number of fused-ring (bicyclic) bond motifs is 1. The highest BCUT2D eigenvalue weighted by molar-refractivity contribution is 9.10. The van der Waals surface area contributed by atoms with E-state index in [2.05, 4.69) is 20.9 Å². The minimum Gasteiger partial charge on any atom is -0.294 e. The lowest BCUT2D eigenvalue weighted by Crippen LogP contribution is -2.21. The third-order valence-corrected chi connectivity index (χ3v) is 5.52. The quantitative estimate of drug-likeness (QED) is 0.639. The second-order valence-corrected chi connectivity index (χ2v) is 8.12. The van der Waals surface area contributed by atoms with Gasteiger partial charge in [-0.05, 0) is 35.9 Å². The van der Waals surface area contributed by atoms with Crippen LogP contribution in [0.2, 0.25) is 0 Å². The fourth-order valence-electron chi connectivity index (χ4n) is 2.33.